The molecule has 1 aromatic carbocycles. The van der Waals surface area contributed by atoms with Crippen molar-refractivity contribution < 1.29 is 23.9 Å². The molecule has 6 heteroatoms. The topological polar surface area (TPSA) is 72.9 Å². The summed E-state index contributed by atoms with van der Waals surface area (Å²) in [5, 5.41) is 0. The summed E-state index contributed by atoms with van der Waals surface area (Å²) in [7, 11) is 1.59. The van der Waals surface area contributed by atoms with Gasteiger partial charge in [0.2, 0.25) is 0 Å². The third-order valence-electron chi connectivity index (χ3n) is 3.93. The monoisotopic (exact) mass is 319 g/mol. The van der Waals surface area contributed by atoms with Crippen molar-refractivity contribution in [3.8, 4) is 5.75 Å². The second-order valence-electron chi connectivity index (χ2n) is 5.43. The van der Waals surface area contributed by atoms with Crippen LogP contribution in [0.5, 0.6) is 5.75 Å². The number of carbonyl (C=O) groups is 3. The van der Waals surface area contributed by atoms with E-state index in [-0.39, 0.29) is 18.4 Å². The van der Waals surface area contributed by atoms with Gasteiger partial charge in [-0.1, -0.05) is 18.2 Å². The first kappa shape index (κ1) is 17.0. The Morgan fingerprint density at radius 3 is 2.78 bits per heavy atom. The Kier molecular flexibility index (Phi) is 5.73. The fraction of sp³-hybridized carbons (Fsp3) is 0.471. The number of para-hydroxylation sites is 1. The van der Waals surface area contributed by atoms with Crippen LogP contribution in [-0.2, 0) is 19.1 Å². The average molecular weight is 319 g/mol. The number of hydrogen-bond donors (Lipinski definition) is 0. The summed E-state index contributed by atoms with van der Waals surface area (Å²) in [6.07, 6.45) is 1.07. The first-order chi connectivity index (χ1) is 11.1. The van der Waals surface area contributed by atoms with E-state index >= 15 is 0 Å². The lowest BCUT2D eigenvalue weighted by atomic mass is 10.0. The molecule has 0 aromatic heterocycles. The summed E-state index contributed by atoms with van der Waals surface area (Å²) in [5.41, 5.74) is 0.925. The van der Waals surface area contributed by atoms with Crippen molar-refractivity contribution >= 4 is 18.2 Å². The molecule has 1 aliphatic rings. The predicted octanol–water partition coefficient (Wildman–Crippen LogP) is 1.88. The van der Waals surface area contributed by atoms with Crippen LogP contribution in [-0.4, -0.2) is 42.8 Å². The molecule has 1 heterocycles. The second-order valence-corrected chi connectivity index (χ2v) is 5.43. The fourth-order valence-corrected chi connectivity index (χ4v) is 2.97. The molecule has 2 atom stereocenters. The predicted molar refractivity (Wildman–Crippen MR) is 82.9 cm³/mol. The van der Waals surface area contributed by atoms with Gasteiger partial charge in [0, 0.05) is 25.5 Å². The number of aldehydes is 1. The van der Waals surface area contributed by atoms with Crippen molar-refractivity contribution in [1.82, 2.24) is 4.90 Å². The quantitative estimate of drug-likeness (QED) is 0.591. The van der Waals surface area contributed by atoms with E-state index in [4.69, 9.17) is 9.47 Å². The Balaban J connectivity index is 2.24. The molecule has 0 aliphatic carbocycles. The van der Waals surface area contributed by atoms with Crippen molar-refractivity contribution in [2.45, 2.75) is 38.3 Å². The molecule has 2 rings (SSSR count). The molecular weight excluding hydrogens is 298 g/mol. The van der Waals surface area contributed by atoms with Gasteiger partial charge in [-0.25, -0.2) is 0 Å². The van der Waals surface area contributed by atoms with Crippen LogP contribution in [0.1, 0.15) is 37.8 Å². The Labute approximate surface area is 135 Å². The lowest BCUT2D eigenvalue weighted by molar-refractivity contribution is -0.159. The van der Waals surface area contributed by atoms with Gasteiger partial charge in [0.25, 0.3) is 5.91 Å². The molecule has 1 amide bonds. The molecule has 0 spiro atoms. The number of benzene rings is 1. The second kappa shape index (κ2) is 7.76. The van der Waals surface area contributed by atoms with Crippen LogP contribution < -0.4 is 4.74 Å². The summed E-state index contributed by atoms with van der Waals surface area (Å²) in [6, 6.07) is 7.41. The van der Waals surface area contributed by atoms with E-state index in [0.29, 0.717) is 12.8 Å². The number of carbonyl (C=O) groups excluding carboxylic acids is 3. The van der Waals surface area contributed by atoms with Gasteiger partial charge in [0.05, 0.1) is 13.2 Å². The molecule has 1 fully saturated rings. The normalized spacial score (nSPS) is 18.3. The first-order valence-corrected chi connectivity index (χ1v) is 7.62. The van der Waals surface area contributed by atoms with Crippen molar-refractivity contribution in [1.29, 1.82) is 0 Å². The van der Waals surface area contributed by atoms with Gasteiger partial charge in [0.15, 0.2) is 6.10 Å². The van der Waals surface area contributed by atoms with Crippen molar-refractivity contribution in [2.75, 3.05) is 13.7 Å². The Morgan fingerprint density at radius 1 is 1.39 bits per heavy atom. The minimum absolute atomic E-state index is 0.131. The maximum Gasteiger partial charge on any atom is 0.303 e. The summed E-state index contributed by atoms with van der Waals surface area (Å²) in [6.45, 7) is 1.80. The number of rotatable bonds is 6. The lowest BCUT2D eigenvalue weighted by Gasteiger charge is -2.29. The Morgan fingerprint density at radius 2 is 2.13 bits per heavy atom. The molecule has 124 valence electrons. The summed E-state index contributed by atoms with van der Waals surface area (Å²) >= 11 is 0. The van der Waals surface area contributed by atoms with Crippen LogP contribution in [0.25, 0.3) is 0 Å². The van der Waals surface area contributed by atoms with Crippen LogP contribution in [0.2, 0.25) is 0 Å². The minimum atomic E-state index is -1.06. The highest BCUT2D eigenvalue weighted by molar-refractivity contribution is 5.86. The van der Waals surface area contributed by atoms with Crippen LogP contribution in [0.15, 0.2) is 24.3 Å². The molecule has 1 unspecified atom stereocenters. The molecule has 0 bridgehead atoms. The molecule has 1 aliphatic heterocycles. The highest BCUT2D eigenvalue weighted by atomic mass is 16.5. The van der Waals surface area contributed by atoms with Crippen LogP contribution in [0, 0.1) is 0 Å². The van der Waals surface area contributed by atoms with Gasteiger partial charge >= 0.3 is 5.97 Å². The number of amides is 1. The Bertz CT molecular complexity index is 586. The molecule has 0 N–H and O–H groups in total. The largest absolute Gasteiger partial charge is 0.496 e. The highest BCUT2D eigenvalue weighted by Crippen LogP contribution is 2.37. The SMILES string of the molecule is COc1ccccc1C1CCCN1C(=O)[C@@H](CC=O)OC(C)=O. The van der Waals surface area contributed by atoms with Gasteiger partial charge in [-0.15, -0.1) is 0 Å². The number of esters is 1. The van der Waals surface area contributed by atoms with E-state index in [1.807, 2.05) is 24.3 Å². The maximum absolute atomic E-state index is 12.7. The molecule has 0 saturated carbocycles. The standard InChI is InChI=1S/C17H21NO5/c1-12(20)23-16(9-11-19)17(21)18-10-5-7-14(18)13-6-3-4-8-15(13)22-2/h3-4,6,8,11,14,16H,5,7,9-10H2,1-2H3/t14?,16-/m1/s1. The van der Waals surface area contributed by atoms with Crippen molar-refractivity contribution in [3.63, 3.8) is 0 Å². The van der Waals surface area contributed by atoms with E-state index in [2.05, 4.69) is 0 Å². The van der Waals surface area contributed by atoms with Gasteiger partial charge in [0.1, 0.15) is 12.0 Å². The summed E-state index contributed by atoms with van der Waals surface area (Å²) < 4.78 is 10.4. The minimum Gasteiger partial charge on any atom is -0.496 e. The van der Waals surface area contributed by atoms with Gasteiger partial charge in [-0.2, -0.15) is 0 Å². The molecule has 6 nitrogen and oxygen atoms in total. The van der Waals surface area contributed by atoms with Crippen molar-refractivity contribution in [3.05, 3.63) is 29.8 Å². The summed E-state index contributed by atoms with van der Waals surface area (Å²) in [4.78, 5) is 36.3. The maximum atomic E-state index is 12.7. The Hall–Kier alpha value is -2.37. The first-order valence-electron chi connectivity index (χ1n) is 7.62. The molecule has 1 aromatic rings. The number of nitrogens with zero attached hydrogens (tertiary/aromatic N) is 1. The van der Waals surface area contributed by atoms with E-state index in [9.17, 15) is 14.4 Å². The fourth-order valence-electron chi connectivity index (χ4n) is 2.97. The number of likely N-dealkylation sites (tertiary alicyclic amines) is 1. The summed E-state index contributed by atoms with van der Waals surface area (Å²) in [5.74, 6) is -0.185. The smallest absolute Gasteiger partial charge is 0.303 e. The number of ether oxygens (including phenoxy) is 2. The van der Waals surface area contributed by atoms with Crippen LogP contribution >= 0.6 is 0 Å². The van der Waals surface area contributed by atoms with Crippen LogP contribution in [0.4, 0.5) is 0 Å². The number of hydrogen-bond acceptors (Lipinski definition) is 5. The lowest BCUT2D eigenvalue weighted by Crippen LogP contribution is -2.41. The van der Waals surface area contributed by atoms with E-state index < -0.39 is 12.1 Å². The zero-order valence-electron chi connectivity index (χ0n) is 13.4. The zero-order chi connectivity index (χ0) is 16.8. The average Bonchev–Trinajstić information content (AvgIpc) is 3.02. The zero-order valence-corrected chi connectivity index (χ0v) is 13.4. The van der Waals surface area contributed by atoms with E-state index in [1.165, 1.54) is 6.92 Å². The molecule has 1 saturated heterocycles. The van der Waals surface area contributed by atoms with Gasteiger partial charge < -0.3 is 19.2 Å². The van der Waals surface area contributed by atoms with E-state index in [1.54, 1.807) is 12.0 Å². The third-order valence-corrected chi connectivity index (χ3v) is 3.93. The molecule has 0 radical (unpaired) electrons. The molecular formula is C17H21NO5. The highest BCUT2D eigenvalue weighted by Gasteiger charge is 2.36. The van der Waals surface area contributed by atoms with Gasteiger partial charge in [-0.3, -0.25) is 9.59 Å². The van der Waals surface area contributed by atoms with Crippen molar-refractivity contribution in [2.24, 2.45) is 0 Å². The van der Waals surface area contributed by atoms with Gasteiger partial charge in [-0.05, 0) is 18.9 Å². The van der Waals surface area contributed by atoms with Crippen LogP contribution in [0.3, 0.4) is 0 Å². The molecule has 23 heavy (non-hydrogen) atoms. The third kappa shape index (κ3) is 3.88. The number of methoxy groups -OCH3 is 1. The van der Waals surface area contributed by atoms with E-state index in [0.717, 1.165) is 24.2 Å².